The van der Waals surface area contributed by atoms with Crippen LogP contribution < -0.4 is 14.7 Å². The van der Waals surface area contributed by atoms with Crippen LogP contribution in [0.25, 0.3) is 6.08 Å². The highest BCUT2D eigenvalue weighted by Crippen LogP contribution is 2.38. The second-order valence-corrected chi connectivity index (χ2v) is 8.23. The minimum atomic E-state index is -4.62. The number of amides is 3. The molecule has 0 radical (unpaired) electrons. The highest BCUT2D eigenvalue weighted by atomic mass is 19.4. The molecule has 0 spiro atoms. The number of imide groups is 1. The van der Waals surface area contributed by atoms with E-state index in [2.05, 4.69) is 21.4 Å². The third-order valence-electron chi connectivity index (χ3n) is 6.10. The normalized spacial score (nSPS) is 16.0. The molecular formula is C25H20F3N5O2. The fourth-order valence-corrected chi connectivity index (χ4v) is 4.45. The molecule has 0 bridgehead atoms. The quantitative estimate of drug-likeness (QED) is 0.482. The number of hydrogen-bond acceptors (Lipinski definition) is 5. The summed E-state index contributed by atoms with van der Waals surface area (Å²) in [4.78, 5) is 37.8. The minimum absolute atomic E-state index is 0.0974. The molecule has 35 heavy (non-hydrogen) atoms. The summed E-state index contributed by atoms with van der Waals surface area (Å²) in [6.07, 6.45) is 4.29. The van der Waals surface area contributed by atoms with Crippen LogP contribution in [-0.2, 0) is 17.4 Å². The monoisotopic (exact) mass is 479 g/mol. The molecule has 3 aromatic rings. The first-order valence-electron chi connectivity index (χ1n) is 10.9. The summed E-state index contributed by atoms with van der Waals surface area (Å²) in [6, 6.07) is 7.17. The van der Waals surface area contributed by atoms with Crippen LogP contribution in [0.5, 0.6) is 0 Å². The Labute approximate surface area is 199 Å². The SMILES string of the molecule is C=Cc1cc(N2C(=O)CN(c3cncc(C(F)(F)F)c3)C2=O)ccc1N1CCCc2cnccc21. The number of anilines is 4. The molecule has 0 atom stereocenters. The minimum Gasteiger partial charge on any atom is -0.341 e. The van der Waals surface area contributed by atoms with Crippen molar-refractivity contribution in [3.8, 4) is 0 Å². The number of urea groups is 1. The number of rotatable bonds is 4. The van der Waals surface area contributed by atoms with Gasteiger partial charge in [-0.2, -0.15) is 13.2 Å². The van der Waals surface area contributed by atoms with E-state index < -0.39 is 23.7 Å². The second-order valence-electron chi connectivity index (χ2n) is 8.23. The molecule has 7 nitrogen and oxygen atoms in total. The molecule has 1 fully saturated rings. The highest BCUT2D eigenvalue weighted by molar-refractivity contribution is 6.27. The van der Waals surface area contributed by atoms with Crippen LogP contribution in [0, 0.1) is 0 Å². The molecule has 2 aromatic heterocycles. The van der Waals surface area contributed by atoms with Gasteiger partial charge in [0.2, 0.25) is 0 Å². The lowest BCUT2D eigenvalue weighted by Crippen LogP contribution is -2.33. The summed E-state index contributed by atoms with van der Waals surface area (Å²) in [6.45, 7) is 4.29. The van der Waals surface area contributed by atoms with E-state index in [4.69, 9.17) is 0 Å². The fourth-order valence-electron chi connectivity index (χ4n) is 4.45. The molecule has 0 N–H and O–H groups in total. The van der Waals surface area contributed by atoms with Crippen LogP contribution in [0.15, 0.2) is 61.7 Å². The van der Waals surface area contributed by atoms with E-state index in [0.717, 1.165) is 58.4 Å². The lowest BCUT2D eigenvalue weighted by molar-refractivity contribution is -0.137. The third kappa shape index (κ3) is 4.01. The summed E-state index contributed by atoms with van der Waals surface area (Å²) >= 11 is 0. The molecule has 2 aliphatic heterocycles. The van der Waals surface area contributed by atoms with Crippen LogP contribution in [-0.4, -0.2) is 35.0 Å². The van der Waals surface area contributed by atoms with Crippen LogP contribution >= 0.6 is 0 Å². The zero-order chi connectivity index (χ0) is 24.7. The lowest BCUT2D eigenvalue weighted by atomic mass is 10.0. The Morgan fingerprint density at radius 2 is 1.77 bits per heavy atom. The summed E-state index contributed by atoms with van der Waals surface area (Å²) < 4.78 is 39.3. The van der Waals surface area contributed by atoms with Gasteiger partial charge in [0.15, 0.2) is 0 Å². The molecule has 3 amide bonds. The Morgan fingerprint density at radius 3 is 2.54 bits per heavy atom. The zero-order valence-electron chi connectivity index (χ0n) is 18.5. The van der Waals surface area contributed by atoms with Gasteiger partial charge in [-0.25, -0.2) is 9.69 Å². The van der Waals surface area contributed by atoms with Crippen molar-refractivity contribution in [1.29, 1.82) is 0 Å². The smallest absolute Gasteiger partial charge is 0.341 e. The number of carbonyl (C=O) groups excluding carboxylic acids is 2. The van der Waals surface area contributed by atoms with Crippen molar-refractivity contribution in [2.45, 2.75) is 19.0 Å². The molecule has 178 valence electrons. The molecule has 10 heteroatoms. The highest BCUT2D eigenvalue weighted by Gasteiger charge is 2.40. The van der Waals surface area contributed by atoms with Crippen molar-refractivity contribution in [1.82, 2.24) is 9.97 Å². The van der Waals surface area contributed by atoms with Crippen LogP contribution in [0.4, 0.5) is 40.7 Å². The van der Waals surface area contributed by atoms with E-state index in [1.54, 1.807) is 24.4 Å². The van der Waals surface area contributed by atoms with Crippen molar-refractivity contribution in [3.63, 3.8) is 0 Å². The van der Waals surface area contributed by atoms with Crippen LogP contribution in [0.3, 0.4) is 0 Å². The van der Waals surface area contributed by atoms with E-state index in [1.807, 2.05) is 18.3 Å². The van der Waals surface area contributed by atoms with Gasteiger partial charge in [-0.15, -0.1) is 0 Å². The molecule has 5 rings (SSSR count). The standard InChI is InChI=1S/C25H20F3N5O2/c1-2-16-10-19(5-6-21(16)31-9-3-4-17-12-29-8-7-22(17)31)33-23(34)15-32(24(33)35)20-11-18(13-30-14-20)25(26,27)28/h2,5-8,10-14H,1,3-4,9,15H2. The maximum absolute atomic E-state index is 13.1. The number of nitrogens with zero attached hydrogens (tertiary/aromatic N) is 5. The predicted octanol–water partition coefficient (Wildman–Crippen LogP) is 5.20. The molecule has 1 saturated heterocycles. The van der Waals surface area contributed by atoms with E-state index in [1.165, 1.54) is 0 Å². The Morgan fingerprint density at radius 1 is 0.943 bits per heavy atom. The number of fused-ring (bicyclic) bond motifs is 1. The summed E-state index contributed by atoms with van der Waals surface area (Å²) in [7, 11) is 0. The van der Waals surface area contributed by atoms with Gasteiger partial charge in [0, 0.05) is 36.5 Å². The zero-order valence-corrected chi connectivity index (χ0v) is 18.5. The van der Waals surface area contributed by atoms with E-state index in [-0.39, 0.29) is 12.2 Å². The number of benzene rings is 1. The number of pyridine rings is 2. The van der Waals surface area contributed by atoms with Gasteiger partial charge in [0.05, 0.1) is 23.1 Å². The van der Waals surface area contributed by atoms with Gasteiger partial charge >= 0.3 is 12.2 Å². The molecule has 2 aliphatic rings. The number of hydrogen-bond donors (Lipinski definition) is 0. The molecular weight excluding hydrogens is 459 g/mol. The average molecular weight is 479 g/mol. The van der Waals surface area contributed by atoms with Crippen molar-refractivity contribution >= 4 is 40.8 Å². The van der Waals surface area contributed by atoms with Gasteiger partial charge in [-0.3, -0.25) is 19.7 Å². The van der Waals surface area contributed by atoms with Gasteiger partial charge < -0.3 is 4.90 Å². The number of aryl methyl sites for hydroxylation is 1. The lowest BCUT2D eigenvalue weighted by Gasteiger charge is -2.32. The Bertz CT molecular complexity index is 1340. The third-order valence-corrected chi connectivity index (χ3v) is 6.10. The summed E-state index contributed by atoms with van der Waals surface area (Å²) in [5.74, 6) is -0.551. The average Bonchev–Trinajstić information content (AvgIpc) is 3.16. The number of aromatic nitrogens is 2. The first kappa shape index (κ1) is 22.6. The van der Waals surface area contributed by atoms with E-state index in [9.17, 15) is 22.8 Å². The van der Waals surface area contributed by atoms with Gasteiger partial charge in [0.25, 0.3) is 5.91 Å². The maximum atomic E-state index is 13.1. The Balaban J connectivity index is 1.47. The molecule has 4 heterocycles. The van der Waals surface area contributed by atoms with E-state index >= 15 is 0 Å². The van der Waals surface area contributed by atoms with Crippen molar-refractivity contribution in [2.24, 2.45) is 0 Å². The van der Waals surface area contributed by atoms with Crippen molar-refractivity contribution in [3.05, 3.63) is 78.4 Å². The molecule has 0 unspecified atom stereocenters. The van der Waals surface area contributed by atoms with Gasteiger partial charge in [-0.1, -0.05) is 12.7 Å². The Hall–Kier alpha value is -4.21. The molecule has 0 aliphatic carbocycles. The second kappa shape index (κ2) is 8.53. The largest absolute Gasteiger partial charge is 0.417 e. The number of halogens is 3. The first-order valence-corrected chi connectivity index (χ1v) is 10.9. The van der Waals surface area contributed by atoms with Crippen LogP contribution in [0.1, 0.15) is 23.1 Å². The number of carbonyl (C=O) groups is 2. The predicted molar refractivity (Wildman–Crippen MR) is 126 cm³/mol. The van der Waals surface area contributed by atoms with Crippen molar-refractivity contribution in [2.75, 3.05) is 27.8 Å². The van der Waals surface area contributed by atoms with Gasteiger partial charge in [0.1, 0.15) is 6.54 Å². The topological polar surface area (TPSA) is 69.6 Å². The Kier molecular flexibility index (Phi) is 5.50. The molecule has 1 aromatic carbocycles. The van der Waals surface area contributed by atoms with Crippen LogP contribution in [0.2, 0.25) is 0 Å². The maximum Gasteiger partial charge on any atom is 0.417 e. The fraction of sp³-hybridized carbons (Fsp3) is 0.200. The summed E-state index contributed by atoms with van der Waals surface area (Å²) in [5, 5.41) is 0. The van der Waals surface area contributed by atoms with Crippen molar-refractivity contribution < 1.29 is 22.8 Å². The number of alkyl halides is 3. The molecule has 0 saturated carbocycles. The van der Waals surface area contributed by atoms with Gasteiger partial charge in [-0.05, 0) is 54.3 Å². The summed E-state index contributed by atoms with van der Waals surface area (Å²) in [5.41, 5.74) is 2.98. The van der Waals surface area contributed by atoms with E-state index in [0.29, 0.717) is 17.4 Å². The first-order chi connectivity index (χ1) is 16.8.